The predicted octanol–water partition coefficient (Wildman–Crippen LogP) is 4.34. The predicted molar refractivity (Wildman–Crippen MR) is 160 cm³/mol. The summed E-state index contributed by atoms with van der Waals surface area (Å²) in [6.45, 7) is 2.29. The fraction of sp³-hybridized carbons (Fsp3) is 0.200. The van der Waals surface area contributed by atoms with Crippen molar-refractivity contribution in [1.82, 2.24) is 0 Å². The van der Waals surface area contributed by atoms with Gasteiger partial charge in [-0.1, -0.05) is 23.2 Å². The second kappa shape index (κ2) is 15.6. The van der Waals surface area contributed by atoms with Crippen molar-refractivity contribution >= 4 is 64.6 Å². The van der Waals surface area contributed by atoms with Crippen LogP contribution in [0.3, 0.4) is 0 Å². The molecule has 3 aromatic carbocycles. The van der Waals surface area contributed by atoms with Crippen molar-refractivity contribution in [2.24, 2.45) is 0 Å². The minimum absolute atomic E-state index is 0.00258. The Morgan fingerprint density at radius 2 is 1.09 bits per heavy atom. The number of amides is 1. The number of halogens is 2. The van der Waals surface area contributed by atoms with Crippen molar-refractivity contribution in [3.05, 3.63) is 75.8 Å². The van der Waals surface area contributed by atoms with Gasteiger partial charge in [0.25, 0.3) is 5.91 Å². The van der Waals surface area contributed by atoms with Crippen molar-refractivity contribution in [1.29, 1.82) is 0 Å². The quantitative estimate of drug-likeness (QED) is 0.204. The van der Waals surface area contributed by atoms with Crippen LogP contribution in [-0.2, 0) is 28.7 Å². The van der Waals surface area contributed by atoms with E-state index in [1.807, 2.05) is 0 Å². The van der Waals surface area contributed by atoms with Gasteiger partial charge in [-0.15, -0.1) is 0 Å². The Labute approximate surface area is 271 Å². The van der Waals surface area contributed by atoms with Gasteiger partial charge in [0.2, 0.25) is 12.2 Å². The highest BCUT2D eigenvalue weighted by Crippen LogP contribution is 2.31. The number of ether oxygens (including phenoxy) is 6. The lowest BCUT2D eigenvalue weighted by molar-refractivity contribution is -0.157. The van der Waals surface area contributed by atoms with Crippen LogP contribution in [0.15, 0.2) is 54.6 Å². The van der Waals surface area contributed by atoms with E-state index in [-0.39, 0.29) is 49.9 Å². The van der Waals surface area contributed by atoms with Gasteiger partial charge >= 0.3 is 29.8 Å². The minimum atomic E-state index is -2.41. The second-order valence-corrected chi connectivity index (χ2v) is 9.93. The molecule has 0 saturated heterocycles. The Balaban J connectivity index is 1.99. The summed E-state index contributed by atoms with van der Waals surface area (Å²) in [5.41, 5.74) is -0.522. The van der Waals surface area contributed by atoms with E-state index in [0.717, 1.165) is 38.1 Å². The number of carbonyl (C=O) groups is 6. The van der Waals surface area contributed by atoms with Crippen molar-refractivity contribution in [3.8, 4) is 23.0 Å². The van der Waals surface area contributed by atoms with Crippen LogP contribution in [-0.4, -0.2) is 67.3 Å². The first-order valence-electron chi connectivity index (χ1n) is 12.9. The molecular weight excluding hydrogens is 653 g/mol. The summed E-state index contributed by atoms with van der Waals surface area (Å²) in [5.74, 6) is -7.17. The molecule has 0 aliphatic rings. The van der Waals surface area contributed by atoms with Crippen molar-refractivity contribution in [2.75, 3.05) is 19.5 Å². The Morgan fingerprint density at radius 3 is 1.48 bits per heavy atom. The molecule has 0 saturated carbocycles. The summed E-state index contributed by atoms with van der Waals surface area (Å²) >= 11 is 12.0. The van der Waals surface area contributed by atoms with Gasteiger partial charge in [0.15, 0.2) is 23.0 Å². The van der Waals surface area contributed by atoms with Crippen LogP contribution in [0.5, 0.6) is 23.0 Å². The lowest BCUT2D eigenvalue weighted by Crippen LogP contribution is -2.48. The molecule has 2 atom stereocenters. The van der Waals surface area contributed by atoms with Gasteiger partial charge in [-0.2, -0.15) is 0 Å². The zero-order valence-electron chi connectivity index (χ0n) is 24.5. The summed E-state index contributed by atoms with van der Waals surface area (Å²) in [6.07, 6.45) is -4.71. The van der Waals surface area contributed by atoms with Crippen LogP contribution in [0, 0.1) is 0 Å². The number of benzene rings is 3. The standard InChI is InChI=1S/C30H25Cl2NO13/c1-14(34)43-21-7-5-16(9-23(21)41-3)29(39)45-25(27(36)33-20-12-18(31)11-19(32)13-20)26(28(37)38)46-30(40)17-6-8-22(44-15(2)35)24(10-17)42-4/h5-13,25-26H,1-4H3,(H,33,36)(H,37,38)/t25-,26+/m1/s1. The Bertz CT molecular complexity index is 1670. The molecule has 46 heavy (non-hydrogen) atoms. The molecule has 0 heterocycles. The highest BCUT2D eigenvalue weighted by Gasteiger charge is 2.41. The molecule has 0 aliphatic heterocycles. The Morgan fingerprint density at radius 1 is 0.652 bits per heavy atom. The number of methoxy groups -OCH3 is 2. The molecule has 3 rings (SSSR count). The van der Waals surface area contributed by atoms with E-state index in [4.69, 9.17) is 51.6 Å². The fourth-order valence-corrected chi connectivity index (χ4v) is 4.29. The van der Waals surface area contributed by atoms with Gasteiger partial charge in [-0.3, -0.25) is 14.4 Å². The van der Waals surface area contributed by atoms with E-state index in [1.165, 1.54) is 44.6 Å². The van der Waals surface area contributed by atoms with Gasteiger partial charge in [-0.05, 0) is 54.6 Å². The average molecular weight is 678 g/mol. The number of nitrogens with one attached hydrogen (secondary N) is 1. The third kappa shape index (κ3) is 9.33. The lowest BCUT2D eigenvalue weighted by atomic mass is 10.1. The molecule has 0 bridgehead atoms. The summed E-state index contributed by atoms with van der Waals surface area (Å²) in [5, 5.41) is 12.6. The highest BCUT2D eigenvalue weighted by atomic mass is 35.5. The number of carboxylic acid groups (broad SMARTS) is 1. The van der Waals surface area contributed by atoms with Crippen LogP contribution >= 0.6 is 23.2 Å². The summed E-state index contributed by atoms with van der Waals surface area (Å²) in [7, 11) is 2.46. The van der Waals surface area contributed by atoms with Crippen molar-refractivity contribution in [2.45, 2.75) is 26.1 Å². The van der Waals surface area contributed by atoms with Crippen LogP contribution in [0.1, 0.15) is 34.6 Å². The first-order valence-corrected chi connectivity index (χ1v) is 13.6. The lowest BCUT2D eigenvalue weighted by Gasteiger charge is -2.24. The molecule has 0 aromatic heterocycles. The topological polar surface area (TPSA) is 190 Å². The molecular formula is C30H25Cl2NO13. The third-order valence-electron chi connectivity index (χ3n) is 5.68. The van der Waals surface area contributed by atoms with Gasteiger partial charge in [0, 0.05) is 29.6 Å². The van der Waals surface area contributed by atoms with E-state index >= 15 is 0 Å². The van der Waals surface area contributed by atoms with Gasteiger partial charge < -0.3 is 38.8 Å². The number of hydrogen-bond donors (Lipinski definition) is 2. The molecule has 0 spiro atoms. The Hall–Kier alpha value is -5.34. The summed E-state index contributed by atoms with van der Waals surface area (Å²) < 4.78 is 30.7. The monoisotopic (exact) mass is 677 g/mol. The third-order valence-corrected chi connectivity index (χ3v) is 6.12. The van der Waals surface area contributed by atoms with Gasteiger partial charge in [0.05, 0.1) is 25.3 Å². The Kier molecular flexibility index (Phi) is 11.9. The molecule has 0 unspecified atom stereocenters. The second-order valence-electron chi connectivity index (χ2n) is 9.06. The number of carbonyl (C=O) groups excluding carboxylic acids is 5. The van der Waals surface area contributed by atoms with Crippen LogP contribution in [0.2, 0.25) is 10.0 Å². The molecule has 3 aromatic rings. The largest absolute Gasteiger partial charge is 0.493 e. The maximum atomic E-state index is 13.4. The van der Waals surface area contributed by atoms with E-state index < -0.39 is 48.0 Å². The van der Waals surface area contributed by atoms with Crippen LogP contribution in [0.25, 0.3) is 0 Å². The highest BCUT2D eigenvalue weighted by molar-refractivity contribution is 6.35. The van der Waals surface area contributed by atoms with Crippen molar-refractivity contribution < 1.29 is 62.3 Å². The number of carboxylic acids is 1. The normalized spacial score (nSPS) is 11.7. The fourth-order valence-electron chi connectivity index (χ4n) is 3.77. The number of hydrogen-bond acceptors (Lipinski definition) is 12. The van der Waals surface area contributed by atoms with Crippen LogP contribution < -0.4 is 24.3 Å². The SMILES string of the molecule is COc1cc(C(=O)O[C@H](C(=O)O)[C@@H](OC(=O)c2ccc(OC(C)=O)c(OC)c2)C(=O)Nc2cc(Cl)cc(Cl)c2)ccc1OC(C)=O. The maximum Gasteiger partial charge on any atom is 0.349 e. The molecule has 14 nitrogen and oxygen atoms in total. The van der Waals surface area contributed by atoms with Crippen molar-refractivity contribution in [3.63, 3.8) is 0 Å². The van der Waals surface area contributed by atoms with E-state index in [2.05, 4.69) is 5.32 Å². The van der Waals surface area contributed by atoms with E-state index in [0.29, 0.717) is 0 Å². The summed E-state index contributed by atoms with van der Waals surface area (Å²) in [4.78, 5) is 74.9. The van der Waals surface area contributed by atoms with E-state index in [1.54, 1.807) is 0 Å². The smallest absolute Gasteiger partial charge is 0.349 e. The molecule has 2 N–H and O–H groups in total. The molecule has 0 radical (unpaired) electrons. The van der Waals surface area contributed by atoms with Gasteiger partial charge in [0.1, 0.15) is 0 Å². The number of aliphatic carboxylic acids is 1. The van der Waals surface area contributed by atoms with E-state index in [9.17, 15) is 33.9 Å². The maximum absolute atomic E-state index is 13.4. The molecule has 0 aliphatic carbocycles. The molecule has 16 heteroatoms. The number of anilines is 1. The first-order chi connectivity index (χ1) is 21.7. The van der Waals surface area contributed by atoms with Gasteiger partial charge in [-0.25, -0.2) is 14.4 Å². The zero-order valence-corrected chi connectivity index (χ0v) is 26.0. The summed E-state index contributed by atoms with van der Waals surface area (Å²) in [6, 6.07) is 10.9. The number of esters is 4. The molecule has 0 fully saturated rings. The average Bonchev–Trinajstić information content (AvgIpc) is 2.97. The number of rotatable bonds is 12. The molecule has 242 valence electrons. The first kappa shape index (κ1) is 35.1. The van der Waals surface area contributed by atoms with Crippen LogP contribution in [0.4, 0.5) is 5.69 Å². The molecule has 1 amide bonds. The zero-order chi connectivity index (χ0) is 34.1. The minimum Gasteiger partial charge on any atom is -0.493 e.